The average molecular weight is 272 g/mol. The molecular weight excluding hydrogens is 248 g/mol. The predicted octanol–water partition coefficient (Wildman–Crippen LogP) is 1.45. The molecule has 6 nitrogen and oxygen atoms in total. The molecule has 3 atom stereocenters. The number of carboxylic acids is 1. The van der Waals surface area contributed by atoms with Crippen LogP contribution in [0.4, 0.5) is 4.79 Å². The topological polar surface area (TPSA) is 78.9 Å². The van der Waals surface area contributed by atoms with E-state index in [-0.39, 0.29) is 30.6 Å². The molecule has 110 valence electrons. The van der Waals surface area contributed by atoms with Gasteiger partial charge in [-0.05, 0) is 20.3 Å². The summed E-state index contributed by atoms with van der Waals surface area (Å²) in [6, 6.07) is -0.481. The second-order valence-electron chi connectivity index (χ2n) is 5.18. The number of ether oxygens (including phenoxy) is 1. The molecule has 2 N–H and O–H groups in total. The quantitative estimate of drug-likeness (QED) is 0.794. The molecule has 1 fully saturated rings. The molecule has 1 aliphatic rings. The van der Waals surface area contributed by atoms with Crippen molar-refractivity contribution in [3.05, 3.63) is 0 Å². The van der Waals surface area contributed by atoms with Crippen LogP contribution in [0.3, 0.4) is 0 Å². The minimum absolute atomic E-state index is 0.0169. The van der Waals surface area contributed by atoms with Crippen molar-refractivity contribution >= 4 is 12.0 Å². The van der Waals surface area contributed by atoms with E-state index in [0.29, 0.717) is 19.6 Å². The van der Waals surface area contributed by atoms with Gasteiger partial charge in [-0.2, -0.15) is 0 Å². The maximum absolute atomic E-state index is 12.2. The number of hydrogen-bond acceptors (Lipinski definition) is 3. The van der Waals surface area contributed by atoms with Crippen LogP contribution < -0.4 is 5.32 Å². The molecule has 0 radical (unpaired) electrons. The maximum atomic E-state index is 12.2. The zero-order valence-corrected chi connectivity index (χ0v) is 11.9. The minimum Gasteiger partial charge on any atom is -0.481 e. The van der Waals surface area contributed by atoms with Crippen LogP contribution in [0.2, 0.25) is 0 Å². The molecule has 19 heavy (non-hydrogen) atoms. The summed E-state index contributed by atoms with van der Waals surface area (Å²) in [5, 5.41) is 11.7. The third-order valence-corrected chi connectivity index (χ3v) is 3.25. The van der Waals surface area contributed by atoms with Crippen molar-refractivity contribution in [1.29, 1.82) is 0 Å². The van der Waals surface area contributed by atoms with Crippen LogP contribution in [0.1, 0.15) is 40.0 Å². The molecule has 0 bridgehead atoms. The van der Waals surface area contributed by atoms with Crippen LogP contribution in [-0.4, -0.2) is 53.3 Å². The first kappa shape index (κ1) is 15.8. The Morgan fingerprint density at radius 1 is 1.47 bits per heavy atom. The van der Waals surface area contributed by atoms with Crippen molar-refractivity contribution in [3.63, 3.8) is 0 Å². The number of urea groups is 1. The third kappa shape index (κ3) is 5.06. The van der Waals surface area contributed by atoms with E-state index >= 15 is 0 Å². The number of aliphatic carboxylic acids is 1. The summed E-state index contributed by atoms with van der Waals surface area (Å²) in [6.07, 6.45) is 1.50. The summed E-state index contributed by atoms with van der Waals surface area (Å²) in [4.78, 5) is 24.7. The monoisotopic (exact) mass is 272 g/mol. The van der Waals surface area contributed by atoms with E-state index in [4.69, 9.17) is 9.84 Å². The van der Waals surface area contributed by atoms with Crippen molar-refractivity contribution in [2.45, 2.75) is 58.2 Å². The second kappa shape index (κ2) is 7.33. The minimum atomic E-state index is -0.887. The largest absolute Gasteiger partial charge is 0.481 e. The van der Waals surface area contributed by atoms with Gasteiger partial charge >= 0.3 is 12.0 Å². The fourth-order valence-electron chi connectivity index (χ4n) is 2.23. The molecule has 6 heteroatoms. The average Bonchev–Trinajstić information content (AvgIpc) is 2.31. The van der Waals surface area contributed by atoms with Crippen LogP contribution in [-0.2, 0) is 9.53 Å². The SMILES string of the molecule is CCCC(CC(=O)O)NC(=O)N1CC(C)OCC1C. The maximum Gasteiger partial charge on any atom is 0.318 e. The molecule has 0 aromatic carbocycles. The summed E-state index contributed by atoms with van der Waals surface area (Å²) >= 11 is 0. The third-order valence-electron chi connectivity index (χ3n) is 3.25. The summed E-state index contributed by atoms with van der Waals surface area (Å²) in [7, 11) is 0. The molecule has 1 heterocycles. The first-order chi connectivity index (χ1) is 8.93. The van der Waals surface area contributed by atoms with Crippen molar-refractivity contribution < 1.29 is 19.4 Å². The van der Waals surface area contributed by atoms with Gasteiger partial charge in [-0.25, -0.2) is 4.79 Å². The molecule has 3 unspecified atom stereocenters. The van der Waals surface area contributed by atoms with Gasteiger partial charge in [0.2, 0.25) is 0 Å². The van der Waals surface area contributed by atoms with E-state index in [2.05, 4.69) is 5.32 Å². The van der Waals surface area contributed by atoms with Gasteiger partial charge in [-0.3, -0.25) is 4.79 Å². The zero-order valence-electron chi connectivity index (χ0n) is 11.9. The Balaban J connectivity index is 2.56. The van der Waals surface area contributed by atoms with E-state index in [1.165, 1.54) is 0 Å². The highest BCUT2D eigenvalue weighted by Crippen LogP contribution is 2.12. The lowest BCUT2D eigenvalue weighted by Crippen LogP contribution is -2.55. The predicted molar refractivity (Wildman–Crippen MR) is 71.1 cm³/mol. The Labute approximate surface area is 114 Å². The van der Waals surface area contributed by atoms with Gasteiger partial charge in [-0.1, -0.05) is 13.3 Å². The van der Waals surface area contributed by atoms with Crippen molar-refractivity contribution in [1.82, 2.24) is 10.2 Å². The number of morpholine rings is 1. The molecule has 1 aliphatic heterocycles. The van der Waals surface area contributed by atoms with Gasteiger partial charge in [0.25, 0.3) is 0 Å². The Morgan fingerprint density at radius 3 is 2.74 bits per heavy atom. The second-order valence-corrected chi connectivity index (χ2v) is 5.18. The van der Waals surface area contributed by atoms with E-state index in [1.54, 1.807) is 4.90 Å². The summed E-state index contributed by atoms with van der Waals surface area (Å²) in [6.45, 7) is 6.88. The molecule has 0 aromatic rings. The highest BCUT2D eigenvalue weighted by molar-refractivity contribution is 5.76. The number of nitrogens with one attached hydrogen (secondary N) is 1. The summed E-state index contributed by atoms with van der Waals surface area (Å²) in [5.74, 6) is -0.887. The van der Waals surface area contributed by atoms with Gasteiger partial charge in [-0.15, -0.1) is 0 Å². The van der Waals surface area contributed by atoms with Crippen molar-refractivity contribution in [3.8, 4) is 0 Å². The standard InChI is InChI=1S/C13H24N2O4/c1-4-5-11(6-12(16)17)14-13(18)15-7-10(3)19-8-9(15)2/h9-11H,4-8H2,1-3H3,(H,14,18)(H,16,17). The van der Waals surface area contributed by atoms with E-state index < -0.39 is 5.97 Å². The molecule has 0 spiro atoms. The van der Waals surface area contributed by atoms with Gasteiger partial charge < -0.3 is 20.1 Å². The number of hydrogen-bond donors (Lipinski definition) is 2. The summed E-state index contributed by atoms with van der Waals surface area (Å²) in [5.41, 5.74) is 0. The van der Waals surface area contributed by atoms with Gasteiger partial charge in [0.05, 0.1) is 25.2 Å². The highest BCUT2D eigenvalue weighted by atomic mass is 16.5. The van der Waals surface area contributed by atoms with Crippen molar-refractivity contribution in [2.24, 2.45) is 0 Å². The van der Waals surface area contributed by atoms with Crippen LogP contribution in [0.5, 0.6) is 0 Å². The molecule has 1 saturated heterocycles. The normalized spacial score (nSPS) is 24.9. The molecule has 1 rings (SSSR count). The highest BCUT2D eigenvalue weighted by Gasteiger charge is 2.28. The van der Waals surface area contributed by atoms with Crippen molar-refractivity contribution in [2.75, 3.05) is 13.2 Å². The number of carbonyl (C=O) groups excluding carboxylic acids is 1. The van der Waals surface area contributed by atoms with E-state index in [0.717, 1.165) is 6.42 Å². The Kier molecular flexibility index (Phi) is 6.08. The number of amides is 2. The van der Waals surface area contributed by atoms with Crippen LogP contribution >= 0.6 is 0 Å². The molecule has 2 amide bonds. The van der Waals surface area contributed by atoms with Crippen LogP contribution in [0.25, 0.3) is 0 Å². The molecular formula is C13H24N2O4. The van der Waals surface area contributed by atoms with Gasteiger partial charge in [0, 0.05) is 12.6 Å². The molecule has 0 aliphatic carbocycles. The zero-order chi connectivity index (χ0) is 14.4. The number of rotatable bonds is 5. The summed E-state index contributed by atoms with van der Waals surface area (Å²) < 4.78 is 5.47. The Hall–Kier alpha value is -1.30. The Morgan fingerprint density at radius 2 is 2.16 bits per heavy atom. The van der Waals surface area contributed by atoms with Crippen LogP contribution in [0, 0.1) is 0 Å². The molecule has 0 aromatic heterocycles. The fourth-order valence-corrected chi connectivity index (χ4v) is 2.23. The lowest BCUT2D eigenvalue weighted by molar-refractivity contribution is -0.137. The smallest absolute Gasteiger partial charge is 0.318 e. The lowest BCUT2D eigenvalue weighted by atomic mass is 10.1. The number of carbonyl (C=O) groups is 2. The molecule has 0 saturated carbocycles. The number of nitrogens with zero attached hydrogens (tertiary/aromatic N) is 1. The van der Waals surface area contributed by atoms with Gasteiger partial charge in [0.15, 0.2) is 0 Å². The number of carboxylic acid groups (broad SMARTS) is 1. The fraction of sp³-hybridized carbons (Fsp3) is 0.846. The first-order valence-electron chi connectivity index (χ1n) is 6.84. The Bertz CT molecular complexity index is 322. The lowest BCUT2D eigenvalue weighted by Gasteiger charge is -2.37. The van der Waals surface area contributed by atoms with Crippen LogP contribution in [0.15, 0.2) is 0 Å². The van der Waals surface area contributed by atoms with E-state index in [1.807, 2.05) is 20.8 Å². The first-order valence-corrected chi connectivity index (χ1v) is 6.84. The van der Waals surface area contributed by atoms with E-state index in [9.17, 15) is 9.59 Å². The van der Waals surface area contributed by atoms with Gasteiger partial charge in [0.1, 0.15) is 0 Å².